The molecule has 0 fully saturated rings. The lowest BCUT2D eigenvalue weighted by Gasteiger charge is -2.09. The van der Waals surface area contributed by atoms with E-state index < -0.39 is 5.97 Å². The topological polar surface area (TPSA) is 55.8 Å². The molecule has 92 valence electrons. The number of hydrogen-bond acceptors (Lipinski definition) is 3. The van der Waals surface area contributed by atoms with E-state index in [0.717, 1.165) is 15.0 Å². The van der Waals surface area contributed by atoms with Crippen molar-refractivity contribution in [2.75, 3.05) is 13.7 Å². The third-order valence-corrected chi connectivity index (χ3v) is 3.04. The van der Waals surface area contributed by atoms with Crippen molar-refractivity contribution in [3.05, 3.63) is 33.2 Å². The van der Waals surface area contributed by atoms with Crippen molar-refractivity contribution in [2.24, 2.45) is 0 Å². The molecular weight excluding hydrogens is 356 g/mol. The molecule has 0 atom stereocenters. The fourth-order valence-corrected chi connectivity index (χ4v) is 1.99. The normalized spacial score (nSPS) is 10.5. The highest BCUT2D eigenvalue weighted by Gasteiger charge is 2.07. The number of carbonyl (C=O) groups is 1. The second-order valence-electron chi connectivity index (χ2n) is 2.97. The lowest BCUT2D eigenvalue weighted by Crippen LogP contribution is -1.97. The third kappa shape index (κ3) is 4.40. The number of carboxylic acids is 1. The van der Waals surface area contributed by atoms with Crippen LogP contribution in [0.25, 0.3) is 0 Å². The van der Waals surface area contributed by atoms with Gasteiger partial charge < -0.3 is 14.6 Å². The Balaban J connectivity index is 2.72. The molecule has 0 radical (unpaired) electrons. The summed E-state index contributed by atoms with van der Waals surface area (Å²) in [4.78, 5) is 10.2. The standard InChI is InChI=1S/C11H10Br2O4/c1-16-9-5-8(13)10(6-7(9)12)17-4-2-3-11(14)15/h2-3,5-6H,4H2,1H3,(H,14,15). The summed E-state index contributed by atoms with van der Waals surface area (Å²) < 4.78 is 12.0. The lowest BCUT2D eigenvalue weighted by atomic mass is 10.3. The molecule has 0 aromatic heterocycles. The Kier molecular flexibility index (Phi) is 5.50. The maximum Gasteiger partial charge on any atom is 0.328 e. The summed E-state index contributed by atoms with van der Waals surface area (Å²) >= 11 is 6.67. The summed E-state index contributed by atoms with van der Waals surface area (Å²) in [6.07, 6.45) is 2.46. The van der Waals surface area contributed by atoms with Crippen molar-refractivity contribution in [2.45, 2.75) is 0 Å². The highest BCUT2D eigenvalue weighted by atomic mass is 79.9. The van der Waals surface area contributed by atoms with Crippen LogP contribution in [0.1, 0.15) is 0 Å². The molecule has 0 amide bonds. The van der Waals surface area contributed by atoms with E-state index in [-0.39, 0.29) is 6.61 Å². The Morgan fingerprint density at radius 1 is 1.35 bits per heavy atom. The molecule has 0 unspecified atom stereocenters. The van der Waals surface area contributed by atoms with E-state index in [4.69, 9.17) is 14.6 Å². The summed E-state index contributed by atoms with van der Waals surface area (Å²) in [5.41, 5.74) is 0. The number of aliphatic carboxylic acids is 1. The SMILES string of the molecule is COc1cc(Br)c(OCC=CC(=O)O)cc1Br. The zero-order valence-electron chi connectivity index (χ0n) is 8.94. The van der Waals surface area contributed by atoms with Crippen LogP contribution in [-0.2, 0) is 4.79 Å². The molecule has 1 aromatic carbocycles. The van der Waals surface area contributed by atoms with Gasteiger partial charge in [-0.15, -0.1) is 0 Å². The number of halogens is 2. The first kappa shape index (κ1) is 14.1. The Morgan fingerprint density at radius 3 is 2.53 bits per heavy atom. The molecule has 0 aliphatic carbocycles. The van der Waals surface area contributed by atoms with Crippen LogP contribution in [-0.4, -0.2) is 24.8 Å². The average molecular weight is 366 g/mol. The van der Waals surface area contributed by atoms with E-state index in [1.807, 2.05) is 0 Å². The largest absolute Gasteiger partial charge is 0.496 e. The fraction of sp³-hybridized carbons (Fsp3) is 0.182. The van der Waals surface area contributed by atoms with Crippen LogP contribution in [0.2, 0.25) is 0 Å². The van der Waals surface area contributed by atoms with Gasteiger partial charge in [-0.25, -0.2) is 4.79 Å². The summed E-state index contributed by atoms with van der Waals surface area (Å²) in [5, 5.41) is 8.40. The van der Waals surface area contributed by atoms with Gasteiger partial charge in [0.1, 0.15) is 18.1 Å². The minimum Gasteiger partial charge on any atom is -0.496 e. The molecule has 0 aliphatic rings. The molecule has 0 saturated heterocycles. The molecule has 0 saturated carbocycles. The van der Waals surface area contributed by atoms with Gasteiger partial charge in [-0.05, 0) is 50.1 Å². The van der Waals surface area contributed by atoms with E-state index in [1.165, 1.54) is 6.08 Å². The quantitative estimate of drug-likeness (QED) is 0.814. The smallest absolute Gasteiger partial charge is 0.328 e. The predicted octanol–water partition coefficient (Wildman–Crippen LogP) is 3.24. The molecule has 1 N–H and O–H groups in total. The molecule has 0 heterocycles. The van der Waals surface area contributed by atoms with Gasteiger partial charge in [-0.3, -0.25) is 0 Å². The second-order valence-corrected chi connectivity index (χ2v) is 4.68. The van der Waals surface area contributed by atoms with E-state index in [0.29, 0.717) is 11.5 Å². The molecular formula is C11H10Br2O4. The van der Waals surface area contributed by atoms with Crippen LogP contribution in [0, 0.1) is 0 Å². The van der Waals surface area contributed by atoms with Crippen molar-refractivity contribution in [3.63, 3.8) is 0 Å². The summed E-state index contributed by atoms with van der Waals surface area (Å²) in [6.45, 7) is 0.184. The first-order chi connectivity index (χ1) is 8.04. The van der Waals surface area contributed by atoms with Crippen molar-refractivity contribution in [3.8, 4) is 11.5 Å². The van der Waals surface area contributed by atoms with E-state index in [2.05, 4.69) is 31.9 Å². The predicted molar refractivity (Wildman–Crippen MR) is 70.7 cm³/mol. The Morgan fingerprint density at radius 2 is 1.94 bits per heavy atom. The second kappa shape index (κ2) is 6.66. The molecule has 0 spiro atoms. The maximum atomic E-state index is 10.2. The highest BCUT2D eigenvalue weighted by molar-refractivity contribution is 9.11. The lowest BCUT2D eigenvalue weighted by molar-refractivity contribution is -0.131. The number of ether oxygens (including phenoxy) is 2. The van der Waals surface area contributed by atoms with Crippen molar-refractivity contribution in [1.29, 1.82) is 0 Å². The summed E-state index contributed by atoms with van der Waals surface area (Å²) in [7, 11) is 1.57. The molecule has 4 nitrogen and oxygen atoms in total. The van der Waals surface area contributed by atoms with Gasteiger partial charge in [0.2, 0.25) is 0 Å². The number of carboxylic acid groups (broad SMARTS) is 1. The molecule has 17 heavy (non-hydrogen) atoms. The minimum absolute atomic E-state index is 0.184. The van der Waals surface area contributed by atoms with Gasteiger partial charge in [0.05, 0.1) is 16.1 Å². The molecule has 1 aromatic rings. The monoisotopic (exact) mass is 364 g/mol. The van der Waals surface area contributed by atoms with Gasteiger partial charge in [0, 0.05) is 6.08 Å². The van der Waals surface area contributed by atoms with Crippen LogP contribution in [0.4, 0.5) is 0 Å². The van der Waals surface area contributed by atoms with Crippen molar-refractivity contribution >= 4 is 37.8 Å². The van der Waals surface area contributed by atoms with Gasteiger partial charge in [-0.2, -0.15) is 0 Å². The van der Waals surface area contributed by atoms with Crippen LogP contribution >= 0.6 is 31.9 Å². The third-order valence-electron chi connectivity index (χ3n) is 1.80. The van der Waals surface area contributed by atoms with Crippen LogP contribution < -0.4 is 9.47 Å². The number of benzene rings is 1. The average Bonchev–Trinajstić information content (AvgIpc) is 2.28. The van der Waals surface area contributed by atoms with Gasteiger partial charge in [0.15, 0.2) is 0 Å². The Hall–Kier alpha value is -1.01. The van der Waals surface area contributed by atoms with Gasteiger partial charge in [-0.1, -0.05) is 0 Å². The molecule has 0 aliphatic heterocycles. The maximum absolute atomic E-state index is 10.2. The molecule has 1 rings (SSSR count). The minimum atomic E-state index is -0.997. The van der Waals surface area contributed by atoms with Crippen molar-refractivity contribution in [1.82, 2.24) is 0 Å². The summed E-state index contributed by atoms with van der Waals surface area (Å²) in [6, 6.07) is 3.51. The zero-order valence-corrected chi connectivity index (χ0v) is 12.1. The fourth-order valence-electron chi connectivity index (χ4n) is 1.06. The molecule has 0 bridgehead atoms. The van der Waals surface area contributed by atoms with Crippen LogP contribution in [0.15, 0.2) is 33.2 Å². The number of methoxy groups -OCH3 is 1. The highest BCUT2D eigenvalue weighted by Crippen LogP contribution is 2.35. The first-order valence-corrected chi connectivity index (χ1v) is 6.18. The van der Waals surface area contributed by atoms with Crippen LogP contribution in [0.5, 0.6) is 11.5 Å². The summed E-state index contributed by atoms with van der Waals surface area (Å²) in [5.74, 6) is 0.293. The zero-order chi connectivity index (χ0) is 12.8. The van der Waals surface area contributed by atoms with Gasteiger partial charge >= 0.3 is 5.97 Å². The first-order valence-electron chi connectivity index (χ1n) is 4.60. The van der Waals surface area contributed by atoms with E-state index in [9.17, 15) is 4.79 Å². The van der Waals surface area contributed by atoms with E-state index in [1.54, 1.807) is 19.2 Å². The van der Waals surface area contributed by atoms with Crippen molar-refractivity contribution < 1.29 is 19.4 Å². The Bertz CT molecular complexity index is 443. The number of rotatable bonds is 5. The Labute approximate surface area is 115 Å². The van der Waals surface area contributed by atoms with Gasteiger partial charge in [0.25, 0.3) is 0 Å². The van der Waals surface area contributed by atoms with E-state index >= 15 is 0 Å². The van der Waals surface area contributed by atoms with Crippen LogP contribution in [0.3, 0.4) is 0 Å². The molecule has 6 heteroatoms. The number of hydrogen-bond donors (Lipinski definition) is 1.